The highest BCUT2D eigenvalue weighted by molar-refractivity contribution is 5.99. The monoisotopic (exact) mass is 164 g/mol. The maximum atomic E-state index is 11.5. The van der Waals surface area contributed by atoms with Crippen LogP contribution in [-0.2, 0) is 4.79 Å². The van der Waals surface area contributed by atoms with Gasteiger partial charge in [0.25, 0.3) is 5.91 Å². The molecule has 0 spiro atoms. The predicted octanol–water partition coefficient (Wildman–Crippen LogP) is 0.610. The number of hydrazine groups is 1. The SMILES string of the molecule is CNN1CC2=C(C=CCC2)C1=O. The summed E-state index contributed by atoms with van der Waals surface area (Å²) < 4.78 is 0. The number of carbonyl (C=O) groups excluding carboxylic acids is 1. The normalized spacial score (nSPS) is 22.1. The first-order valence-corrected chi connectivity index (χ1v) is 4.20. The molecule has 0 aromatic carbocycles. The molecule has 3 heteroatoms. The Morgan fingerprint density at radius 3 is 3.08 bits per heavy atom. The van der Waals surface area contributed by atoms with Crippen molar-refractivity contribution in [1.29, 1.82) is 0 Å². The first-order chi connectivity index (χ1) is 5.83. The van der Waals surface area contributed by atoms with Gasteiger partial charge in [0, 0.05) is 12.6 Å². The highest BCUT2D eigenvalue weighted by atomic mass is 16.2. The van der Waals surface area contributed by atoms with Gasteiger partial charge in [0.1, 0.15) is 0 Å². The summed E-state index contributed by atoms with van der Waals surface area (Å²) in [5.41, 5.74) is 5.05. The van der Waals surface area contributed by atoms with Crippen LogP contribution >= 0.6 is 0 Å². The van der Waals surface area contributed by atoms with Gasteiger partial charge >= 0.3 is 0 Å². The summed E-state index contributed by atoms with van der Waals surface area (Å²) in [5.74, 6) is 0.114. The summed E-state index contributed by atoms with van der Waals surface area (Å²) in [6.07, 6.45) is 6.12. The Hall–Kier alpha value is -1.09. The lowest BCUT2D eigenvalue weighted by atomic mass is 10.0. The molecule has 0 atom stereocenters. The largest absolute Gasteiger partial charge is 0.270 e. The van der Waals surface area contributed by atoms with Crippen LogP contribution in [0, 0.1) is 0 Å². The lowest BCUT2D eigenvalue weighted by Crippen LogP contribution is -2.37. The van der Waals surface area contributed by atoms with E-state index in [4.69, 9.17) is 0 Å². The van der Waals surface area contributed by atoms with Crippen LogP contribution in [-0.4, -0.2) is 24.5 Å². The molecule has 64 valence electrons. The number of hydrogen-bond donors (Lipinski definition) is 1. The van der Waals surface area contributed by atoms with Crippen molar-refractivity contribution in [2.45, 2.75) is 12.8 Å². The number of rotatable bonds is 1. The Morgan fingerprint density at radius 1 is 1.58 bits per heavy atom. The third-order valence-corrected chi connectivity index (χ3v) is 2.37. The van der Waals surface area contributed by atoms with E-state index in [0.717, 1.165) is 25.0 Å². The van der Waals surface area contributed by atoms with Crippen LogP contribution in [0.3, 0.4) is 0 Å². The third-order valence-electron chi connectivity index (χ3n) is 2.37. The minimum Gasteiger partial charge on any atom is -0.270 e. The quantitative estimate of drug-likeness (QED) is 0.616. The molecule has 0 unspecified atom stereocenters. The van der Waals surface area contributed by atoms with Gasteiger partial charge in [-0.1, -0.05) is 12.2 Å². The van der Waals surface area contributed by atoms with Gasteiger partial charge in [-0.15, -0.1) is 0 Å². The first kappa shape index (κ1) is 7.55. The Balaban J connectivity index is 2.26. The molecule has 1 amide bonds. The summed E-state index contributed by atoms with van der Waals surface area (Å²) in [6, 6.07) is 0. The predicted molar refractivity (Wildman–Crippen MR) is 46.2 cm³/mol. The molecule has 1 N–H and O–H groups in total. The minimum absolute atomic E-state index is 0.114. The topological polar surface area (TPSA) is 32.3 Å². The second-order valence-electron chi connectivity index (χ2n) is 3.07. The van der Waals surface area contributed by atoms with Crippen molar-refractivity contribution in [3.8, 4) is 0 Å². The lowest BCUT2D eigenvalue weighted by Gasteiger charge is -2.13. The molecular formula is C9H12N2O. The van der Waals surface area contributed by atoms with Gasteiger partial charge in [0.05, 0.1) is 6.54 Å². The Kier molecular flexibility index (Phi) is 1.73. The van der Waals surface area contributed by atoms with E-state index >= 15 is 0 Å². The van der Waals surface area contributed by atoms with E-state index in [9.17, 15) is 4.79 Å². The van der Waals surface area contributed by atoms with Crippen LogP contribution < -0.4 is 5.43 Å². The van der Waals surface area contributed by atoms with Crippen LogP contribution in [0.1, 0.15) is 12.8 Å². The van der Waals surface area contributed by atoms with Crippen molar-refractivity contribution in [1.82, 2.24) is 10.4 Å². The highest BCUT2D eigenvalue weighted by Crippen LogP contribution is 2.26. The van der Waals surface area contributed by atoms with E-state index in [1.165, 1.54) is 5.57 Å². The van der Waals surface area contributed by atoms with E-state index < -0.39 is 0 Å². The zero-order valence-corrected chi connectivity index (χ0v) is 7.13. The molecule has 2 rings (SSSR count). The van der Waals surface area contributed by atoms with Crippen molar-refractivity contribution in [2.24, 2.45) is 0 Å². The van der Waals surface area contributed by atoms with Crippen LogP contribution in [0.5, 0.6) is 0 Å². The highest BCUT2D eigenvalue weighted by Gasteiger charge is 2.28. The molecule has 0 saturated heterocycles. The van der Waals surface area contributed by atoms with Crippen molar-refractivity contribution in [3.63, 3.8) is 0 Å². The van der Waals surface area contributed by atoms with Crippen molar-refractivity contribution < 1.29 is 4.79 Å². The zero-order chi connectivity index (χ0) is 8.55. The average molecular weight is 164 g/mol. The van der Waals surface area contributed by atoms with Crippen molar-refractivity contribution in [2.75, 3.05) is 13.6 Å². The molecule has 0 saturated carbocycles. The molecule has 2 aliphatic rings. The number of nitrogens with zero attached hydrogens (tertiary/aromatic N) is 1. The summed E-state index contributed by atoms with van der Waals surface area (Å²) >= 11 is 0. The standard InChI is InChI=1S/C9H12N2O/c1-10-11-6-7-4-2-3-5-8(7)9(11)12/h3,5,10H,2,4,6H2,1H3. The molecule has 12 heavy (non-hydrogen) atoms. The smallest absolute Gasteiger partial charge is 0.268 e. The molecule has 1 aliphatic heterocycles. The van der Waals surface area contributed by atoms with Gasteiger partial charge in [0.2, 0.25) is 0 Å². The maximum Gasteiger partial charge on any atom is 0.268 e. The number of hydrogen-bond acceptors (Lipinski definition) is 2. The fourth-order valence-electron chi connectivity index (χ4n) is 1.69. The summed E-state index contributed by atoms with van der Waals surface area (Å²) in [6.45, 7) is 0.759. The molecular weight excluding hydrogens is 152 g/mol. The Bertz CT molecular complexity index is 278. The van der Waals surface area contributed by atoms with Gasteiger partial charge in [0.15, 0.2) is 0 Å². The summed E-state index contributed by atoms with van der Waals surface area (Å²) in [4.78, 5) is 11.5. The molecule has 0 fully saturated rings. The molecule has 3 nitrogen and oxygen atoms in total. The van der Waals surface area contributed by atoms with Crippen LogP contribution in [0.15, 0.2) is 23.3 Å². The Morgan fingerprint density at radius 2 is 2.42 bits per heavy atom. The van der Waals surface area contributed by atoms with Gasteiger partial charge in [-0.2, -0.15) is 0 Å². The van der Waals surface area contributed by atoms with Gasteiger partial charge in [-0.3, -0.25) is 9.80 Å². The minimum atomic E-state index is 0.114. The van der Waals surface area contributed by atoms with Gasteiger partial charge < -0.3 is 0 Å². The lowest BCUT2D eigenvalue weighted by molar-refractivity contribution is -0.127. The first-order valence-electron chi connectivity index (χ1n) is 4.20. The van der Waals surface area contributed by atoms with Crippen molar-refractivity contribution in [3.05, 3.63) is 23.3 Å². The van der Waals surface area contributed by atoms with Gasteiger partial charge in [-0.05, 0) is 18.4 Å². The number of amides is 1. The van der Waals surface area contributed by atoms with Crippen LogP contribution in [0.2, 0.25) is 0 Å². The molecule has 1 heterocycles. The van der Waals surface area contributed by atoms with E-state index in [-0.39, 0.29) is 5.91 Å². The molecule has 0 aromatic rings. The van der Waals surface area contributed by atoms with Crippen molar-refractivity contribution >= 4 is 5.91 Å². The Labute approximate surface area is 71.7 Å². The molecule has 0 aromatic heterocycles. The molecule has 1 aliphatic carbocycles. The zero-order valence-electron chi connectivity index (χ0n) is 7.13. The average Bonchev–Trinajstić information content (AvgIpc) is 2.44. The molecule has 0 radical (unpaired) electrons. The second-order valence-corrected chi connectivity index (χ2v) is 3.07. The fraction of sp³-hybridized carbons (Fsp3) is 0.444. The summed E-state index contributed by atoms with van der Waals surface area (Å²) in [5, 5.41) is 1.65. The maximum absolute atomic E-state index is 11.5. The van der Waals surface area contributed by atoms with E-state index in [1.807, 2.05) is 6.08 Å². The number of allylic oxidation sites excluding steroid dienone is 1. The van der Waals surface area contributed by atoms with Crippen LogP contribution in [0.25, 0.3) is 0 Å². The number of nitrogens with one attached hydrogen (secondary N) is 1. The number of carbonyl (C=O) groups is 1. The van der Waals surface area contributed by atoms with E-state index in [2.05, 4.69) is 11.5 Å². The third kappa shape index (κ3) is 0.975. The van der Waals surface area contributed by atoms with E-state index in [1.54, 1.807) is 12.1 Å². The van der Waals surface area contributed by atoms with Gasteiger partial charge in [-0.25, -0.2) is 5.43 Å². The summed E-state index contributed by atoms with van der Waals surface area (Å²) in [7, 11) is 1.78. The van der Waals surface area contributed by atoms with E-state index in [0.29, 0.717) is 0 Å². The van der Waals surface area contributed by atoms with Crippen LogP contribution in [0.4, 0.5) is 0 Å². The fourth-order valence-corrected chi connectivity index (χ4v) is 1.69. The molecule has 0 bridgehead atoms. The second kappa shape index (κ2) is 2.75.